The standard InChI is InChI=1S/C31H34N4O4/c1-22(24-11-7-4-8-12-24)32-31(38)35-29(37)27(21-23-9-5-3-6-10-23)30(35)39-26-15-13-25(14-16-26)28(36)34-19-17-33(2)18-20-34/h3-16,22,27,30H,17-21H2,1-2H3,(H,32,38). The Bertz CT molecular complexity index is 1290. The van der Waals surface area contributed by atoms with Gasteiger partial charge in [-0.3, -0.25) is 9.59 Å². The number of carbonyl (C=O) groups is 3. The summed E-state index contributed by atoms with van der Waals surface area (Å²) in [6.45, 7) is 4.98. The van der Waals surface area contributed by atoms with E-state index in [2.05, 4.69) is 17.3 Å². The minimum absolute atomic E-state index is 0.00803. The van der Waals surface area contributed by atoms with Crippen LogP contribution in [0.1, 0.15) is 34.5 Å². The molecule has 0 aliphatic carbocycles. The molecule has 1 N–H and O–H groups in total. The third-order valence-electron chi connectivity index (χ3n) is 7.46. The molecule has 2 fully saturated rings. The van der Waals surface area contributed by atoms with Crippen LogP contribution in [0.3, 0.4) is 0 Å². The van der Waals surface area contributed by atoms with Gasteiger partial charge in [-0.05, 0) is 55.8 Å². The number of urea groups is 1. The molecule has 0 spiro atoms. The summed E-state index contributed by atoms with van der Waals surface area (Å²) < 4.78 is 6.23. The topological polar surface area (TPSA) is 82.2 Å². The molecule has 8 heteroatoms. The molecule has 2 aliphatic heterocycles. The van der Waals surface area contributed by atoms with Crippen LogP contribution in [0.25, 0.3) is 0 Å². The summed E-state index contributed by atoms with van der Waals surface area (Å²) in [6.07, 6.45) is -0.303. The van der Waals surface area contributed by atoms with E-state index in [-0.39, 0.29) is 17.9 Å². The van der Waals surface area contributed by atoms with E-state index in [1.807, 2.05) is 72.5 Å². The average molecular weight is 527 g/mol. The molecule has 3 atom stereocenters. The largest absolute Gasteiger partial charge is 0.469 e. The second kappa shape index (κ2) is 11.7. The maximum atomic E-state index is 13.2. The predicted octanol–water partition coefficient (Wildman–Crippen LogP) is 3.95. The molecular formula is C31H34N4O4. The van der Waals surface area contributed by atoms with Crippen LogP contribution in [0.4, 0.5) is 4.79 Å². The monoisotopic (exact) mass is 526 g/mol. The first kappa shape index (κ1) is 26.4. The lowest BCUT2D eigenvalue weighted by molar-refractivity contribution is -0.166. The number of β-lactam (4-membered cyclic amide) rings is 1. The van der Waals surface area contributed by atoms with Gasteiger partial charge in [-0.15, -0.1) is 0 Å². The van der Waals surface area contributed by atoms with Crippen LogP contribution in [0.2, 0.25) is 0 Å². The van der Waals surface area contributed by atoms with E-state index in [1.165, 1.54) is 0 Å². The smallest absolute Gasteiger partial charge is 0.327 e. The molecule has 0 saturated carbocycles. The van der Waals surface area contributed by atoms with Gasteiger partial charge >= 0.3 is 6.03 Å². The molecule has 0 bridgehead atoms. The van der Waals surface area contributed by atoms with Crippen LogP contribution >= 0.6 is 0 Å². The third-order valence-corrected chi connectivity index (χ3v) is 7.46. The molecular weight excluding hydrogens is 492 g/mol. The second-order valence-corrected chi connectivity index (χ2v) is 10.2. The maximum absolute atomic E-state index is 13.2. The quantitative estimate of drug-likeness (QED) is 0.472. The average Bonchev–Trinajstić information content (AvgIpc) is 2.97. The van der Waals surface area contributed by atoms with Crippen LogP contribution in [0, 0.1) is 5.92 Å². The van der Waals surface area contributed by atoms with Gasteiger partial charge in [0.05, 0.1) is 12.0 Å². The van der Waals surface area contributed by atoms with Crippen molar-refractivity contribution >= 4 is 17.8 Å². The number of piperazine rings is 1. The normalized spacial score (nSPS) is 20.2. The minimum atomic E-state index is -0.764. The fourth-order valence-corrected chi connectivity index (χ4v) is 5.02. The van der Waals surface area contributed by atoms with E-state index < -0.39 is 18.2 Å². The van der Waals surface area contributed by atoms with Gasteiger partial charge in [0.2, 0.25) is 5.91 Å². The molecule has 2 heterocycles. The van der Waals surface area contributed by atoms with Crippen LogP contribution in [0.5, 0.6) is 5.75 Å². The molecule has 4 amide bonds. The molecule has 3 aromatic carbocycles. The SMILES string of the molecule is CC(NC(=O)N1C(=O)C(Cc2ccccc2)C1Oc1ccc(C(=O)N2CCN(C)CC2)cc1)c1ccccc1. The molecule has 5 rings (SSSR count). The summed E-state index contributed by atoms with van der Waals surface area (Å²) in [4.78, 5) is 44.6. The Morgan fingerprint density at radius 1 is 0.897 bits per heavy atom. The number of nitrogens with one attached hydrogen (secondary N) is 1. The van der Waals surface area contributed by atoms with Crippen molar-refractivity contribution in [3.8, 4) is 5.75 Å². The van der Waals surface area contributed by atoms with Crippen molar-refractivity contribution in [2.75, 3.05) is 33.2 Å². The molecule has 8 nitrogen and oxygen atoms in total. The van der Waals surface area contributed by atoms with Gasteiger partial charge in [0.1, 0.15) is 5.75 Å². The zero-order valence-electron chi connectivity index (χ0n) is 22.3. The fourth-order valence-electron chi connectivity index (χ4n) is 5.02. The van der Waals surface area contributed by atoms with Crippen LogP contribution < -0.4 is 10.1 Å². The van der Waals surface area contributed by atoms with Gasteiger partial charge in [0, 0.05) is 31.7 Å². The van der Waals surface area contributed by atoms with Crippen LogP contribution in [0.15, 0.2) is 84.9 Å². The minimum Gasteiger partial charge on any atom is -0.469 e. The van der Waals surface area contributed by atoms with Gasteiger partial charge in [0.15, 0.2) is 6.23 Å². The van der Waals surface area contributed by atoms with Crippen molar-refractivity contribution in [3.05, 3.63) is 102 Å². The van der Waals surface area contributed by atoms with Gasteiger partial charge < -0.3 is 19.9 Å². The highest BCUT2D eigenvalue weighted by Gasteiger charge is 2.52. The maximum Gasteiger partial charge on any atom is 0.327 e. The molecule has 2 saturated heterocycles. The summed E-state index contributed by atoms with van der Waals surface area (Å²) in [7, 11) is 2.05. The molecule has 3 unspecified atom stereocenters. The predicted molar refractivity (Wildman–Crippen MR) is 148 cm³/mol. The van der Waals surface area contributed by atoms with Crippen molar-refractivity contribution in [3.63, 3.8) is 0 Å². The highest BCUT2D eigenvalue weighted by molar-refractivity contribution is 6.01. The number of amides is 4. The zero-order chi connectivity index (χ0) is 27.4. The number of imide groups is 1. The Labute approximate surface area is 229 Å². The summed E-state index contributed by atoms with van der Waals surface area (Å²) >= 11 is 0. The molecule has 0 aromatic heterocycles. The molecule has 202 valence electrons. The number of likely N-dealkylation sites (N-methyl/N-ethyl adjacent to an activating group) is 1. The summed E-state index contributed by atoms with van der Waals surface area (Å²) in [5.41, 5.74) is 2.52. The lowest BCUT2D eigenvalue weighted by atomic mass is 9.89. The first-order chi connectivity index (χ1) is 18.9. The van der Waals surface area contributed by atoms with Gasteiger partial charge in [-0.2, -0.15) is 0 Å². The molecule has 3 aromatic rings. The van der Waals surface area contributed by atoms with E-state index in [0.717, 1.165) is 29.1 Å². The Morgan fingerprint density at radius 2 is 1.51 bits per heavy atom. The molecule has 39 heavy (non-hydrogen) atoms. The number of ether oxygens (including phenoxy) is 1. The van der Waals surface area contributed by atoms with E-state index in [1.54, 1.807) is 24.3 Å². The number of hydrogen-bond donors (Lipinski definition) is 1. The Morgan fingerprint density at radius 3 is 2.15 bits per heavy atom. The Balaban J connectivity index is 1.30. The van der Waals surface area contributed by atoms with Crippen molar-refractivity contribution in [1.29, 1.82) is 0 Å². The molecule has 0 radical (unpaired) electrons. The van der Waals surface area contributed by atoms with E-state index >= 15 is 0 Å². The zero-order valence-corrected chi connectivity index (χ0v) is 22.3. The van der Waals surface area contributed by atoms with E-state index in [0.29, 0.717) is 30.8 Å². The fraction of sp³-hybridized carbons (Fsp3) is 0.323. The second-order valence-electron chi connectivity index (χ2n) is 10.2. The summed E-state index contributed by atoms with van der Waals surface area (Å²) in [5.74, 6) is -0.291. The van der Waals surface area contributed by atoms with Crippen molar-refractivity contribution in [2.45, 2.75) is 25.6 Å². The van der Waals surface area contributed by atoms with E-state index in [9.17, 15) is 14.4 Å². The van der Waals surface area contributed by atoms with Crippen molar-refractivity contribution in [2.24, 2.45) is 5.92 Å². The first-order valence-electron chi connectivity index (χ1n) is 13.4. The van der Waals surface area contributed by atoms with Crippen molar-refractivity contribution in [1.82, 2.24) is 20.0 Å². The lowest BCUT2D eigenvalue weighted by Gasteiger charge is -2.45. The molecule has 2 aliphatic rings. The number of hydrogen-bond acceptors (Lipinski definition) is 5. The number of likely N-dealkylation sites (tertiary alicyclic amines) is 1. The summed E-state index contributed by atoms with van der Waals surface area (Å²) in [6, 6.07) is 25.5. The first-order valence-corrected chi connectivity index (χ1v) is 13.4. The number of benzene rings is 3. The van der Waals surface area contributed by atoms with Crippen LogP contribution in [-0.2, 0) is 11.2 Å². The highest BCUT2D eigenvalue weighted by atomic mass is 16.5. The van der Waals surface area contributed by atoms with Crippen LogP contribution in [-0.4, -0.2) is 72.0 Å². The number of rotatable bonds is 7. The Kier molecular flexibility index (Phi) is 7.93. The lowest BCUT2D eigenvalue weighted by Crippen LogP contribution is -2.68. The van der Waals surface area contributed by atoms with Gasteiger partial charge in [-0.1, -0.05) is 60.7 Å². The third kappa shape index (κ3) is 5.96. The Hall–Kier alpha value is -4.17. The van der Waals surface area contributed by atoms with E-state index in [4.69, 9.17) is 4.74 Å². The van der Waals surface area contributed by atoms with Gasteiger partial charge in [0.25, 0.3) is 5.91 Å². The summed E-state index contributed by atoms with van der Waals surface area (Å²) in [5, 5.41) is 2.92. The van der Waals surface area contributed by atoms with Crippen molar-refractivity contribution < 1.29 is 19.1 Å². The van der Waals surface area contributed by atoms with Gasteiger partial charge in [-0.25, -0.2) is 9.69 Å². The highest BCUT2D eigenvalue weighted by Crippen LogP contribution is 2.33. The number of nitrogens with zero attached hydrogens (tertiary/aromatic N) is 3. The number of carbonyl (C=O) groups excluding carboxylic acids is 3.